The fourth-order valence-electron chi connectivity index (χ4n) is 1.96. The number of halogens is 1. The molecule has 17 heavy (non-hydrogen) atoms. The van der Waals surface area contributed by atoms with Crippen molar-refractivity contribution in [1.29, 1.82) is 0 Å². The summed E-state index contributed by atoms with van der Waals surface area (Å²) in [5, 5.41) is 10.4. The Kier molecular flexibility index (Phi) is 2.98. The number of ether oxygens (including phenoxy) is 1. The molecule has 0 spiro atoms. The highest BCUT2D eigenvalue weighted by atomic mass is 35.5. The Morgan fingerprint density at radius 1 is 1.53 bits per heavy atom. The monoisotopic (exact) mass is 253 g/mol. The first-order chi connectivity index (χ1) is 8.08. The van der Waals surface area contributed by atoms with Gasteiger partial charge in [0, 0.05) is 11.5 Å². The first-order valence-electron chi connectivity index (χ1n) is 5.19. The summed E-state index contributed by atoms with van der Waals surface area (Å²) in [6, 6.07) is 3.45. The largest absolute Gasteiger partial charge is 0.495 e. The molecule has 1 aromatic carbocycles. The van der Waals surface area contributed by atoms with Gasteiger partial charge in [0.05, 0.1) is 17.6 Å². The van der Waals surface area contributed by atoms with Crippen molar-refractivity contribution in [3.63, 3.8) is 0 Å². The maximum atomic E-state index is 11.1. The minimum Gasteiger partial charge on any atom is -0.495 e. The molecular formula is C12H12ClNO3. The molecule has 2 rings (SSSR count). The van der Waals surface area contributed by atoms with Crippen LogP contribution in [0.4, 0.5) is 0 Å². The molecule has 0 bridgehead atoms. The lowest BCUT2D eigenvalue weighted by Gasteiger charge is -2.03. The van der Waals surface area contributed by atoms with Gasteiger partial charge in [-0.2, -0.15) is 0 Å². The summed E-state index contributed by atoms with van der Waals surface area (Å²) in [4.78, 5) is 14.0. The summed E-state index contributed by atoms with van der Waals surface area (Å²) in [6.45, 7) is 1.91. The molecule has 5 heteroatoms. The number of aryl methyl sites for hydroxylation is 1. The molecule has 0 aliphatic carbocycles. The third-order valence-corrected chi connectivity index (χ3v) is 3.04. The minimum atomic E-state index is -0.965. The number of aromatic nitrogens is 1. The standard InChI is InChI=1S/C12H12ClNO3/c1-3-6-7-4-8(13)10(17-2)5-9(7)14-11(6)12(15)16/h4-5,14H,3H2,1-2H3,(H,15,16). The van der Waals surface area contributed by atoms with Crippen LogP contribution in [-0.2, 0) is 6.42 Å². The molecule has 0 saturated carbocycles. The molecule has 0 aliphatic heterocycles. The zero-order chi connectivity index (χ0) is 12.6. The van der Waals surface area contributed by atoms with E-state index < -0.39 is 5.97 Å². The van der Waals surface area contributed by atoms with Crippen molar-refractivity contribution in [3.8, 4) is 5.75 Å². The molecule has 1 heterocycles. The SMILES string of the molecule is CCc1c(C(=O)O)[nH]c2cc(OC)c(Cl)cc12. The van der Waals surface area contributed by atoms with Crippen molar-refractivity contribution in [3.05, 3.63) is 28.4 Å². The van der Waals surface area contributed by atoms with Crippen LogP contribution in [0.15, 0.2) is 12.1 Å². The molecular weight excluding hydrogens is 242 g/mol. The van der Waals surface area contributed by atoms with Crippen molar-refractivity contribution in [2.24, 2.45) is 0 Å². The molecule has 4 nitrogen and oxygen atoms in total. The van der Waals surface area contributed by atoms with Crippen molar-refractivity contribution in [1.82, 2.24) is 4.98 Å². The summed E-state index contributed by atoms with van der Waals surface area (Å²) in [5.74, 6) is -0.437. The average Bonchev–Trinajstić information content (AvgIpc) is 2.65. The maximum absolute atomic E-state index is 11.1. The van der Waals surface area contributed by atoms with Gasteiger partial charge in [0.15, 0.2) is 0 Å². The van der Waals surface area contributed by atoms with Crippen molar-refractivity contribution < 1.29 is 14.6 Å². The van der Waals surface area contributed by atoms with Gasteiger partial charge in [0.2, 0.25) is 0 Å². The number of hydrogen-bond acceptors (Lipinski definition) is 2. The first-order valence-corrected chi connectivity index (χ1v) is 5.57. The van der Waals surface area contributed by atoms with Crippen LogP contribution in [0.1, 0.15) is 23.0 Å². The predicted octanol–water partition coefficient (Wildman–Crippen LogP) is 3.09. The number of carboxylic acid groups (broad SMARTS) is 1. The Labute approximate surface area is 103 Å². The highest BCUT2D eigenvalue weighted by Gasteiger charge is 2.17. The summed E-state index contributed by atoms with van der Waals surface area (Å²) in [5.41, 5.74) is 1.70. The third-order valence-electron chi connectivity index (χ3n) is 2.75. The Morgan fingerprint density at radius 3 is 2.76 bits per heavy atom. The van der Waals surface area contributed by atoms with Gasteiger partial charge in [0.25, 0.3) is 0 Å². The van der Waals surface area contributed by atoms with Crippen molar-refractivity contribution in [2.45, 2.75) is 13.3 Å². The molecule has 0 aliphatic rings. The summed E-state index contributed by atoms with van der Waals surface area (Å²) in [7, 11) is 1.52. The Morgan fingerprint density at radius 2 is 2.24 bits per heavy atom. The number of nitrogens with one attached hydrogen (secondary N) is 1. The first kappa shape index (κ1) is 11.8. The molecule has 2 N–H and O–H groups in total. The number of methoxy groups -OCH3 is 1. The lowest BCUT2D eigenvalue weighted by atomic mass is 10.1. The van der Waals surface area contributed by atoms with Crippen LogP contribution in [0, 0.1) is 0 Å². The number of benzene rings is 1. The molecule has 90 valence electrons. The van der Waals surface area contributed by atoms with Crippen LogP contribution >= 0.6 is 11.6 Å². The third kappa shape index (κ3) is 1.85. The topological polar surface area (TPSA) is 62.3 Å². The van der Waals surface area contributed by atoms with E-state index in [4.69, 9.17) is 21.4 Å². The van der Waals surface area contributed by atoms with E-state index in [1.54, 1.807) is 12.1 Å². The van der Waals surface area contributed by atoms with Gasteiger partial charge in [-0.3, -0.25) is 0 Å². The van der Waals surface area contributed by atoms with Crippen molar-refractivity contribution >= 4 is 28.5 Å². The maximum Gasteiger partial charge on any atom is 0.352 e. The minimum absolute atomic E-state index is 0.215. The quantitative estimate of drug-likeness (QED) is 0.884. The molecule has 0 radical (unpaired) electrons. The van der Waals surface area contributed by atoms with E-state index in [1.807, 2.05) is 6.92 Å². The Balaban J connectivity index is 2.78. The van der Waals surface area contributed by atoms with E-state index in [0.717, 1.165) is 16.5 Å². The van der Waals surface area contributed by atoms with E-state index in [9.17, 15) is 4.79 Å². The number of carbonyl (C=O) groups is 1. The zero-order valence-electron chi connectivity index (χ0n) is 9.50. The van der Waals surface area contributed by atoms with Gasteiger partial charge in [-0.1, -0.05) is 18.5 Å². The van der Waals surface area contributed by atoms with Gasteiger partial charge in [-0.15, -0.1) is 0 Å². The Bertz CT molecular complexity index is 589. The van der Waals surface area contributed by atoms with E-state index >= 15 is 0 Å². The van der Waals surface area contributed by atoms with Crippen molar-refractivity contribution in [2.75, 3.05) is 7.11 Å². The normalized spacial score (nSPS) is 10.8. The fourth-order valence-corrected chi connectivity index (χ4v) is 2.20. The van der Waals surface area contributed by atoms with Gasteiger partial charge in [-0.05, 0) is 18.1 Å². The van der Waals surface area contributed by atoms with Crippen LogP contribution in [0.5, 0.6) is 5.75 Å². The van der Waals surface area contributed by atoms with E-state index in [1.165, 1.54) is 7.11 Å². The molecule has 1 aromatic heterocycles. The van der Waals surface area contributed by atoms with Gasteiger partial charge in [-0.25, -0.2) is 4.79 Å². The highest BCUT2D eigenvalue weighted by Crippen LogP contribution is 2.33. The predicted molar refractivity (Wildman–Crippen MR) is 66.2 cm³/mol. The van der Waals surface area contributed by atoms with Crippen LogP contribution in [0.25, 0.3) is 10.9 Å². The number of H-pyrrole nitrogens is 1. The highest BCUT2D eigenvalue weighted by molar-refractivity contribution is 6.33. The second-order valence-corrected chi connectivity index (χ2v) is 4.08. The average molecular weight is 254 g/mol. The molecule has 0 atom stereocenters. The lowest BCUT2D eigenvalue weighted by Crippen LogP contribution is -2.00. The summed E-state index contributed by atoms with van der Waals surface area (Å²) < 4.78 is 5.10. The summed E-state index contributed by atoms with van der Waals surface area (Å²) >= 11 is 6.03. The van der Waals surface area contributed by atoms with Crippen LogP contribution in [-0.4, -0.2) is 23.2 Å². The number of aromatic carboxylic acids is 1. The lowest BCUT2D eigenvalue weighted by molar-refractivity contribution is 0.0690. The smallest absolute Gasteiger partial charge is 0.352 e. The molecule has 0 amide bonds. The Hall–Kier alpha value is -1.68. The second-order valence-electron chi connectivity index (χ2n) is 3.67. The number of aromatic amines is 1. The van der Waals surface area contributed by atoms with E-state index in [0.29, 0.717) is 17.2 Å². The van der Waals surface area contributed by atoms with Crippen LogP contribution in [0.3, 0.4) is 0 Å². The van der Waals surface area contributed by atoms with Gasteiger partial charge < -0.3 is 14.8 Å². The number of rotatable bonds is 3. The molecule has 0 saturated heterocycles. The fraction of sp³-hybridized carbons (Fsp3) is 0.250. The number of hydrogen-bond donors (Lipinski definition) is 2. The molecule has 0 unspecified atom stereocenters. The molecule has 0 fully saturated rings. The van der Waals surface area contributed by atoms with E-state index in [2.05, 4.69) is 4.98 Å². The van der Waals surface area contributed by atoms with Gasteiger partial charge >= 0.3 is 5.97 Å². The van der Waals surface area contributed by atoms with E-state index in [-0.39, 0.29) is 5.69 Å². The molecule has 2 aromatic rings. The van der Waals surface area contributed by atoms with Gasteiger partial charge in [0.1, 0.15) is 11.4 Å². The zero-order valence-corrected chi connectivity index (χ0v) is 10.3. The number of fused-ring (bicyclic) bond motifs is 1. The number of carboxylic acids is 1. The van der Waals surface area contributed by atoms with Crippen LogP contribution in [0.2, 0.25) is 5.02 Å². The summed E-state index contributed by atoms with van der Waals surface area (Å²) in [6.07, 6.45) is 0.629. The second kappa shape index (κ2) is 4.30. The van der Waals surface area contributed by atoms with Crippen LogP contribution < -0.4 is 4.74 Å².